The van der Waals surface area contributed by atoms with Crippen molar-refractivity contribution in [3.63, 3.8) is 0 Å². The average molecular weight is 950 g/mol. The third kappa shape index (κ3) is 11.1. The number of amides is 3. The first-order chi connectivity index (χ1) is 32.5. The number of unbranched alkanes of at least 4 members (excludes halogenated alkanes) is 1. The number of thiocarbonyl (C=S) groups is 1. The lowest BCUT2D eigenvalue weighted by Gasteiger charge is -2.29. The number of rotatable bonds is 18. The zero-order valence-corrected chi connectivity index (χ0v) is 38.5. The second-order valence-corrected chi connectivity index (χ2v) is 17.5. The first-order valence-electron chi connectivity index (χ1n) is 22.0. The number of ether oxygens (including phenoxy) is 1. The molecule has 3 heterocycles. The Kier molecular flexibility index (Phi) is 15.1. The van der Waals surface area contributed by atoms with Crippen molar-refractivity contribution >= 4 is 57.9 Å². The van der Waals surface area contributed by atoms with Crippen LogP contribution in [0.4, 0.5) is 30.2 Å². The fraction of sp³-hybridized carbons (Fsp3) is 0.340. The van der Waals surface area contributed by atoms with Crippen LogP contribution in [0.1, 0.15) is 61.9 Å². The van der Waals surface area contributed by atoms with E-state index in [9.17, 15) is 42.7 Å². The molecule has 2 atom stereocenters. The maximum atomic E-state index is 13.7. The van der Waals surface area contributed by atoms with Crippen molar-refractivity contribution in [3.8, 4) is 28.5 Å². The molecule has 7 rings (SSSR count). The number of hydrogen-bond acceptors (Lipinski definition) is 11. The van der Waals surface area contributed by atoms with Gasteiger partial charge in [0.15, 0.2) is 23.0 Å². The van der Waals surface area contributed by atoms with E-state index in [1.807, 2.05) is 67.6 Å². The fourth-order valence-electron chi connectivity index (χ4n) is 8.33. The number of ketones is 1. The first-order valence-corrected chi connectivity index (χ1v) is 22.5. The standard InChI is InChI=1S/C50H50F3N7O7S/c1-31-46(67-30-57-31)35-9-6-32(7-10-35)8-21-43(62)42-25-40(61)28-58(42)45(64)27-56-44(63)29-66-23-5-4-22-55-37-16-11-33(12-17-37)34-13-18-38(19-14-34)60-48(68)59(47(65)49(60,2)3)39-20-15-36(26-54)41(24-39)50(51,52)53/h6-7,9-20,24,30,40,42,55,61H,4-5,8,21-23,25,27-29H2,1-3H3,(H,56,63)/t40-,42+/m1/s1. The highest BCUT2D eigenvalue weighted by atomic mass is 32.1. The van der Waals surface area contributed by atoms with Crippen LogP contribution < -0.4 is 20.4 Å². The second-order valence-electron chi connectivity index (χ2n) is 17.1. The summed E-state index contributed by atoms with van der Waals surface area (Å²) in [6.45, 7) is 5.60. The summed E-state index contributed by atoms with van der Waals surface area (Å²) in [5.74, 6) is -0.886. The Hall–Kier alpha value is -6.94. The van der Waals surface area contributed by atoms with Gasteiger partial charge in [0.05, 0.1) is 47.3 Å². The van der Waals surface area contributed by atoms with E-state index in [1.54, 1.807) is 36.9 Å². The summed E-state index contributed by atoms with van der Waals surface area (Å²) in [6, 6.07) is 26.7. The summed E-state index contributed by atoms with van der Waals surface area (Å²) < 4.78 is 52.2. The molecule has 3 amide bonds. The number of oxazole rings is 1. The van der Waals surface area contributed by atoms with Crippen molar-refractivity contribution in [2.45, 2.75) is 76.7 Å². The van der Waals surface area contributed by atoms with Crippen LogP contribution in [0.25, 0.3) is 22.5 Å². The molecule has 4 aromatic carbocycles. The van der Waals surface area contributed by atoms with Gasteiger partial charge in [0.25, 0.3) is 5.91 Å². The number of Topliss-reactive ketones (excluding diaryl/α,β-unsaturated/α-hetero) is 1. The monoisotopic (exact) mass is 949 g/mol. The number of halogens is 3. The molecule has 5 aromatic rings. The van der Waals surface area contributed by atoms with Crippen LogP contribution in [0.5, 0.6) is 0 Å². The fourth-order valence-corrected chi connectivity index (χ4v) is 8.85. The summed E-state index contributed by atoms with van der Waals surface area (Å²) in [5, 5.41) is 25.5. The molecule has 14 nitrogen and oxygen atoms in total. The van der Waals surface area contributed by atoms with Gasteiger partial charge in [0, 0.05) is 49.5 Å². The van der Waals surface area contributed by atoms with Gasteiger partial charge in [-0.05, 0) is 111 Å². The zero-order chi connectivity index (χ0) is 48.8. The lowest BCUT2D eigenvalue weighted by Crippen LogP contribution is -2.46. The van der Waals surface area contributed by atoms with Crippen LogP contribution in [-0.4, -0.2) is 94.1 Å². The molecule has 68 heavy (non-hydrogen) atoms. The molecule has 0 spiro atoms. The molecule has 0 bridgehead atoms. The largest absolute Gasteiger partial charge is 0.443 e. The first kappa shape index (κ1) is 49.0. The Morgan fingerprint density at radius 1 is 0.971 bits per heavy atom. The van der Waals surface area contributed by atoms with Gasteiger partial charge in [-0.2, -0.15) is 18.4 Å². The summed E-state index contributed by atoms with van der Waals surface area (Å²) in [4.78, 5) is 60.4. The number of nitrogens with zero attached hydrogens (tertiary/aromatic N) is 5. The van der Waals surface area contributed by atoms with Gasteiger partial charge >= 0.3 is 6.18 Å². The molecular formula is C50H50F3N7O7S. The molecule has 2 aliphatic rings. The minimum Gasteiger partial charge on any atom is -0.443 e. The molecule has 0 radical (unpaired) electrons. The minimum atomic E-state index is -4.80. The van der Waals surface area contributed by atoms with Gasteiger partial charge in [-0.25, -0.2) is 4.98 Å². The zero-order valence-electron chi connectivity index (χ0n) is 37.6. The van der Waals surface area contributed by atoms with Crippen molar-refractivity contribution in [3.05, 3.63) is 120 Å². The third-order valence-corrected chi connectivity index (χ3v) is 12.4. The van der Waals surface area contributed by atoms with E-state index in [-0.39, 0.29) is 49.1 Å². The van der Waals surface area contributed by atoms with E-state index in [1.165, 1.54) is 17.4 Å². The maximum Gasteiger partial charge on any atom is 0.417 e. The molecule has 2 aliphatic heterocycles. The number of aliphatic hydroxyl groups is 1. The molecule has 2 fully saturated rings. The summed E-state index contributed by atoms with van der Waals surface area (Å²) in [6.07, 6.45) is -1.99. The molecule has 18 heteroatoms. The SMILES string of the molecule is Cc1ncoc1-c1ccc(CCC(=O)[C@@H]2C[C@@H](O)CN2C(=O)CNC(=O)COCCCCNc2ccc(-c3ccc(N4C(=S)N(c5ccc(C#N)c(C(F)(F)F)c5)C(=O)C4(C)C)cc3)cc2)cc1. The number of benzene rings is 4. The Bertz CT molecular complexity index is 2700. The highest BCUT2D eigenvalue weighted by molar-refractivity contribution is 7.81. The predicted molar refractivity (Wildman–Crippen MR) is 252 cm³/mol. The number of aryl methyl sites for hydroxylation is 2. The molecule has 354 valence electrons. The summed E-state index contributed by atoms with van der Waals surface area (Å²) in [7, 11) is 0. The van der Waals surface area contributed by atoms with Gasteiger partial charge in [-0.1, -0.05) is 48.5 Å². The van der Waals surface area contributed by atoms with Gasteiger partial charge in [-0.3, -0.25) is 24.1 Å². The van der Waals surface area contributed by atoms with E-state index < -0.39 is 52.7 Å². The van der Waals surface area contributed by atoms with Gasteiger partial charge in [0.2, 0.25) is 11.8 Å². The van der Waals surface area contributed by atoms with Gasteiger partial charge in [-0.15, -0.1) is 0 Å². The van der Waals surface area contributed by atoms with Crippen LogP contribution in [0.2, 0.25) is 0 Å². The Morgan fingerprint density at radius 2 is 1.63 bits per heavy atom. The van der Waals surface area contributed by atoms with Gasteiger partial charge < -0.3 is 34.7 Å². The van der Waals surface area contributed by atoms with Crippen molar-refractivity contribution < 1.29 is 46.6 Å². The molecule has 1 aromatic heterocycles. The number of likely N-dealkylation sites (tertiary alicyclic amines) is 1. The Labute approximate surface area is 396 Å². The minimum absolute atomic E-state index is 0.0119. The number of alkyl halides is 3. The van der Waals surface area contributed by atoms with Gasteiger partial charge in [0.1, 0.15) is 12.1 Å². The number of hydrogen-bond donors (Lipinski definition) is 3. The van der Waals surface area contributed by atoms with Crippen molar-refractivity contribution in [2.24, 2.45) is 0 Å². The maximum absolute atomic E-state index is 13.7. The molecular weight excluding hydrogens is 900 g/mol. The molecule has 3 N–H and O–H groups in total. The summed E-state index contributed by atoms with van der Waals surface area (Å²) >= 11 is 5.66. The van der Waals surface area contributed by atoms with Crippen molar-refractivity contribution in [1.29, 1.82) is 5.26 Å². The van der Waals surface area contributed by atoms with Crippen LogP contribution in [0, 0.1) is 18.3 Å². The van der Waals surface area contributed by atoms with E-state index in [0.717, 1.165) is 57.1 Å². The van der Waals surface area contributed by atoms with Crippen LogP contribution in [0.15, 0.2) is 102 Å². The number of anilines is 3. The predicted octanol–water partition coefficient (Wildman–Crippen LogP) is 7.61. The molecule has 0 unspecified atom stereocenters. The lowest BCUT2D eigenvalue weighted by atomic mass is 10.00. The third-order valence-electron chi connectivity index (χ3n) is 12.0. The second kappa shape index (κ2) is 20.9. The highest BCUT2D eigenvalue weighted by Crippen LogP contribution is 2.40. The molecule has 0 saturated carbocycles. The van der Waals surface area contributed by atoms with Crippen LogP contribution in [0.3, 0.4) is 0 Å². The number of carbonyl (C=O) groups is 4. The number of nitriles is 1. The van der Waals surface area contributed by atoms with E-state index >= 15 is 0 Å². The lowest BCUT2D eigenvalue weighted by molar-refractivity contribution is -0.138. The van der Waals surface area contributed by atoms with Crippen molar-refractivity contribution in [1.82, 2.24) is 15.2 Å². The van der Waals surface area contributed by atoms with Crippen molar-refractivity contribution in [2.75, 3.05) is 48.0 Å². The smallest absolute Gasteiger partial charge is 0.417 e. The van der Waals surface area contributed by atoms with Crippen LogP contribution >= 0.6 is 12.2 Å². The molecule has 2 saturated heterocycles. The topological polar surface area (TPSA) is 181 Å². The normalized spacial score (nSPS) is 16.8. The number of nitrogens with one attached hydrogen (secondary N) is 2. The quantitative estimate of drug-likeness (QED) is 0.0579. The van der Waals surface area contributed by atoms with Crippen LogP contribution in [-0.2, 0) is 36.5 Å². The van der Waals surface area contributed by atoms with E-state index in [0.29, 0.717) is 37.4 Å². The molecule has 0 aliphatic carbocycles. The number of aliphatic hydroxyl groups excluding tert-OH is 1. The van der Waals surface area contributed by atoms with E-state index in [4.69, 9.17) is 21.4 Å². The highest BCUT2D eigenvalue weighted by Gasteiger charge is 2.51. The number of carbonyl (C=O) groups excluding carboxylic acids is 4. The average Bonchev–Trinajstić information content (AvgIpc) is 3.99. The number of β-amino-alcohol motifs (C(OH)–C–C–N with tert-alkyl or cyclic N) is 1. The Morgan fingerprint density at radius 3 is 2.28 bits per heavy atom. The summed E-state index contributed by atoms with van der Waals surface area (Å²) in [5.41, 5.74) is 2.91. The Balaban J connectivity index is 0.798. The number of aromatic nitrogens is 1. The van der Waals surface area contributed by atoms with E-state index in [2.05, 4.69) is 15.6 Å².